The minimum absolute atomic E-state index is 0.200. The van der Waals surface area contributed by atoms with Crippen LogP contribution < -0.4 is 9.47 Å². The van der Waals surface area contributed by atoms with Crippen LogP contribution in [0.5, 0.6) is 11.5 Å². The smallest absolute Gasteiger partial charge is 0.161 e. The van der Waals surface area contributed by atoms with E-state index < -0.39 is 6.10 Å². The van der Waals surface area contributed by atoms with Crippen molar-refractivity contribution in [1.82, 2.24) is 0 Å². The molecule has 1 aromatic rings. The topological polar surface area (TPSA) is 58.9 Å². The highest BCUT2D eigenvalue weighted by Crippen LogP contribution is 2.28. The molecule has 1 unspecified atom stereocenters. The van der Waals surface area contributed by atoms with Crippen LogP contribution in [0.25, 0.3) is 0 Å². The van der Waals surface area contributed by atoms with Gasteiger partial charge < -0.3 is 19.7 Å². The monoisotopic (exact) mass is 254 g/mol. The molecule has 0 heterocycles. The Hall–Kier alpha value is -1.26. The Morgan fingerprint density at radius 2 is 2.06 bits per heavy atom. The van der Waals surface area contributed by atoms with Crippen LogP contribution in [0.4, 0.5) is 0 Å². The van der Waals surface area contributed by atoms with Gasteiger partial charge in [0.1, 0.15) is 0 Å². The lowest BCUT2D eigenvalue weighted by molar-refractivity contribution is 0.0885. The van der Waals surface area contributed by atoms with Gasteiger partial charge in [-0.2, -0.15) is 0 Å². The summed E-state index contributed by atoms with van der Waals surface area (Å²) in [7, 11) is 1.61. The van der Waals surface area contributed by atoms with Gasteiger partial charge in [-0.3, -0.25) is 0 Å². The molecule has 0 saturated carbocycles. The third-order valence-electron chi connectivity index (χ3n) is 2.67. The van der Waals surface area contributed by atoms with Crippen molar-refractivity contribution in [2.24, 2.45) is 0 Å². The molecule has 4 nitrogen and oxygen atoms in total. The average Bonchev–Trinajstić information content (AvgIpc) is 2.42. The molecule has 0 amide bonds. The molecule has 2 N–H and O–H groups in total. The van der Waals surface area contributed by atoms with E-state index in [-0.39, 0.29) is 6.61 Å². The molecule has 0 saturated heterocycles. The molecule has 0 spiro atoms. The van der Waals surface area contributed by atoms with Gasteiger partial charge >= 0.3 is 0 Å². The van der Waals surface area contributed by atoms with Gasteiger partial charge in [-0.15, -0.1) is 0 Å². The van der Waals surface area contributed by atoms with Crippen LogP contribution in [-0.4, -0.2) is 36.6 Å². The van der Waals surface area contributed by atoms with Crippen LogP contribution in [0.2, 0.25) is 0 Å². The lowest BCUT2D eigenvalue weighted by Crippen LogP contribution is -2.12. The Balaban J connectivity index is 2.66. The highest BCUT2D eigenvalue weighted by Gasteiger charge is 2.07. The zero-order chi connectivity index (χ0) is 13.4. The van der Waals surface area contributed by atoms with Crippen LogP contribution in [0.3, 0.4) is 0 Å². The van der Waals surface area contributed by atoms with Gasteiger partial charge in [-0.1, -0.05) is 13.0 Å². The van der Waals surface area contributed by atoms with E-state index in [1.54, 1.807) is 7.11 Å². The first kappa shape index (κ1) is 14.8. The van der Waals surface area contributed by atoms with E-state index in [1.165, 1.54) is 0 Å². The molecule has 0 aromatic heterocycles. The second-order valence-corrected chi connectivity index (χ2v) is 4.21. The van der Waals surface area contributed by atoms with Gasteiger partial charge in [0.05, 0.1) is 26.4 Å². The molecule has 1 rings (SSSR count). The predicted molar refractivity (Wildman–Crippen MR) is 70.2 cm³/mol. The highest BCUT2D eigenvalue weighted by molar-refractivity contribution is 5.43. The van der Waals surface area contributed by atoms with Crippen LogP contribution in [0.1, 0.15) is 25.3 Å². The van der Waals surface area contributed by atoms with E-state index in [4.69, 9.17) is 14.6 Å². The fourth-order valence-corrected chi connectivity index (χ4v) is 1.62. The summed E-state index contributed by atoms with van der Waals surface area (Å²) in [5, 5.41) is 18.1. The molecule has 0 fully saturated rings. The summed E-state index contributed by atoms with van der Waals surface area (Å²) in [4.78, 5) is 0. The van der Waals surface area contributed by atoms with E-state index in [9.17, 15) is 5.11 Å². The van der Waals surface area contributed by atoms with Crippen LogP contribution in [0.15, 0.2) is 18.2 Å². The zero-order valence-electron chi connectivity index (χ0n) is 11.1. The summed E-state index contributed by atoms with van der Waals surface area (Å²) in [6.45, 7) is 2.52. The van der Waals surface area contributed by atoms with E-state index in [0.717, 1.165) is 17.7 Å². The molecule has 1 atom stereocenters. The second kappa shape index (κ2) is 7.95. The molecule has 18 heavy (non-hydrogen) atoms. The molecule has 1 aromatic carbocycles. The number of hydrogen-bond donors (Lipinski definition) is 2. The molecular formula is C14H22O4. The van der Waals surface area contributed by atoms with Crippen molar-refractivity contribution in [3.63, 3.8) is 0 Å². The fourth-order valence-electron chi connectivity index (χ4n) is 1.62. The Kier molecular flexibility index (Phi) is 6.54. The Bertz CT molecular complexity index is 352. The number of aliphatic hydroxyl groups is 2. The summed E-state index contributed by atoms with van der Waals surface area (Å²) in [6, 6.07) is 5.75. The Labute approximate surface area is 108 Å². The van der Waals surface area contributed by atoms with Crippen molar-refractivity contribution < 1.29 is 19.7 Å². The van der Waals surface area contributed by atoms with E-state index in [0.29, 0.717) is 25.2 Å². The summed E-state index contributed by atoms with van der Waals surface area (Å²) < 4.78 is 10.8. The quantitative estimate of drug-likeness (QED) is 0.742. The van der Waals surface area contributed by atoms with Gasteiger partial charge in [0.25, 0.3) is 0 Å². The van der Waals surface area contributed by atoms with Crippen molar-refractivity contribution in [2.75, 3.05) is 20.3 Å². The van der Waals surface area contributed by atoms with Gasteiger partial charge in [-0.05, 0) is 37.0 Å². The first-order chi connectivity index (χ1) is 8.71. The van der Waals surface area contributed by atoms with Crippen molar-refractivity contribution in [2.45, 2.75) is 32.3 Å². The van der Waals surface area contributed by atoms with Crippen molar-refractivity contribution in [3.8, 4) is 11.5 Å². The summed E-state index contributed by atoms with van der Waals surface area (Å²) in [5.74, 6) is 1.45. The first-order valence-electron chi connectivity index (χ1n) is 6.29. The van der Waals surface area contributed by atoms with E-state index in [1.807, 2.05) is 18.2 Å². The van der Waals surface area contributed by atoms with Crippen LogP contribution >= 0.6 is 0 Å². The highest BCUT2D eigenvalue weighted by atomic mass is 16.5. The largest absolute Gasteiger partial charge is 0.493 e. The molecule has 0 aliphatic rings. The number of ether oxygens (including phenoxy) is 2. The zero-order valence-corrected chi connectivity index (χ0v) is 11.1. The van der Waals surface area contributed by atoms with Crippen LogP contribution in [-0.2, 0) is 6.42 Å². The summed E-state index contributed by atoms with van der Waals surface area (Å²) >= 11 is 0. The Morgan fingerprint density at radius 1 is 1.28 bits per heavy atom. The van der Waals surface area contributed by atoms with Crippen molar-refractivity contribution in [1.29, 1.82) is 0 Å². The number of methoxy groups -OCH3 is 1. The summed E-state index contributed by atoms with van der Waals surface area (Å²) in [5.41, 5.74) is 1.06. The molecule has 0 bridgehead atoms. The minimum atomic E-state index is -0.660. The Morgan fingerprint density at radius 3 is 2.67 bits per heavy atom. The molecular weight excluding hydrogens is 232 g/mol. The van der Waals surface area contributed by atoms with Gasteiger partial charge in [0, 0.05) is 0 Å². The molecule has 0 radical (unpaired) electrons. The average molecular weight is 254 g/mol. The number of aryl methyl sites for hydroxylation is 1. The van der Waals surface area contributed by atoms with Gasteiger partial charge in [0.2, 0.25) is 0 Å². The standard InChI is InChI=1S/C14H22O4/c1-3-8-18-13-7-5-11(9-14(13)17-2)4-6-12(16)10-15/h5,7,9,12,15-16H,3-4,6,8,10H2,1-2H3. The fraction of sp³-hybridized carbons (Fsp3) is 0.571. The lowest BCUT2D eigenvalue weighted by atomic mass is 10.1. The van der Waals surface area contributed by atoms with Crippen LogP contribution in [0, 0.1) is 0 Å². The number of aliphatic hydroxyl groups excluding tert-OH is 2. The molecule has 0 aliphatic carbocycles. The lowest BCUT2D eigenvalue weighted by Gasteiger charge is -2.12. The molecule has 4 heteroatoms. The first-order valence-corrected chi connectivity index (χ1v) is 6.29. The minimum Gasteiger partial charge on any atom is -0.493 e. The number of rotatable bonds is 8. The molecule has 0 aliphatic heterocycles. The van der Waals surface area contributed by atoms with Gasteiger partial charge in [-0.25, -0.2) is 0 Å². The number of hydrogen-bond acceptors (Lipinski definition) is 4. The van der Waals surface area contributed by atoms with E-state index >= 15 is 0 Å². The predicted octanol–water partition coefficient (Wildman–Crippen LogP) is 1.77. The molecule has 102 valence electrons. The SMILES string of the molecule is CCCOc1ccc(CCC(O)CO)cc1OC. The maximum atomic E-state index is 9.31. The third-order valence-corrected chi connectivity index (χ3v) is 2.67. The third kappa shape index (κ3) is 4.55. The maximum Gasteiger partial charge on any atom is 0.161 e. The number of benzene rings is 1. The van der Waals surface area contributed by atoms with Gasteiger partial charge in [0.15, 0.2) is 11.5 Å². The maximum absolute atomic E-state index is 9.31. The van der Waals surface area contributed by atoms with Crippen molar-refractivity contribution in [3.05, 3.63) is 23.8 Å². The van der Waals surface area contributed by atoms with E-state index in [2.05, 4.69) is 6.92 Å². The van der Waals surface area contributed by atoms with Crippen molar-refractivity contribution >= 4 is 0 Å². The summed E-state index contributed by atoms with van der Waals surface area (Å²) in [6.07, 6.45) is 1.53. The normalized spacial score (nSPS) is 12.2. The second-order valence-electron chi connectivity index (χ2n) is 4.21.